The molecule has 0 amide bonds. The van der Waals surface area contributed by atoms with Gasteiger partial charge in [-0.2, -0.15) is 5.48 Å². The van der Waals surface area contributed by atoms with Crippen molar-refractivity contribution in [2.45, 2.75) is 65.5 Å². The van der Waals surface area contributed by atoms with E-state index < -0.39 is 0 Å². The molecule has 0 unspecified atom stereocenters. The molecule has 0 aliphatic carbocycles. The molecule has 2 aromatic rings. The second-order valence-corrected chi connectivity index (χ2v) is 8.63. The van der Waals surface area contributed by atoms with Crippen LogP contribution in [0.4, 0.5) is 0 Å². The summed E-state index contributed by atoms with van der Waals surface area (Å²) in [5, 5.41) is 10.8. The normalized spacial score (nSPS) is 12.4. The van der Waals surface area contributed by atoms with E-state index in [1.165, 1.54) is 0 Å². The Labute approximate surface area is 152 Å². The van der Waals surface area contributed by atoms with Gasteiger partial charge in [0, 0.05) is 6.54 Å². The lowest BCUT2D eigenvalue weighted by Crippen LogP contribution is -2.20. The molecule has 3 nitrogen and oxygen atoms in total. The van der Waals surface area contributed by atoms with E-state index in [9.17, 15) is 5.11 Å². The third-order valence-corrected chi connectivity index (χ3v) is 4.25. The van der Waals surface area contributed by atoms with Gasteiger partial charge in [-0.25, -0.2) is 0 Å². The summed E-state index contributed by atoms with van der Waals surface area (Å²) < 4.78 is 0. The zero-order chi connectivity index (χ0) is 18.7. The highest BCUT2D eigenvalue weighted by molar-refractivity contribution is 5.49. The van der Waals surface area contributed by atoms with Gasteiger partial charge in [0.2, 0.25) is 0 Å². The molecule has 0 aliphatic rings. The molecule has 0 aliphatic heterocycles. The summed E-state index contributed by atoms with van der Waals surface area (Å²) in [6.07, 6.45) is 0. The highest BCUT2D eigenvalue weighted by Crippen LogP contribution is 2.39. The van der Waals surface area contributed by atoms with Gasteiger partial charge in [-0.05, 0) is 33.1 Å². The predicted molar refractivity (Wildman–Crippen MR) is 104 cm³/mol. The Balaban J connectivity index is 2.14. The maximum Gasteiger partial charge on any atom is 0.123 e. The largest absolute Gasteiger partial charge is 0.507 e. The Bertz CT molecular complexity index is 659. The SMILES string of the molecule is CC(C)(C)c1cc(CNOCc2ccccc2)cc(C(C)(C)C)c1O. The van der Waals surface area contributed by atoms with Crippen molar-refractivity contribution in [3.63, 3.8) is 0 Å². The van der Waals surface area contributed by atoms with E-state index in [2.05, 4.69) is 59.2 Å². The topological polar surface area (TPSA) is 41.5 Å². The lowest BCUT2D eigenvalue weighted by Gasteiger charge is -2.28. The summed E-state index contributed by atoms with van der Waals surface area (Å²) in [7, 11) is 0. The molecule has 0 radical (unpaired) electrons. The number of hydrogen-bond acceptors (Lipinski definition) is 3. The highest BCUT2D eigenvalue weighted by Gasteiger charge is 2.26. The first-order valence-electron chi connectivity index (χ1n) is 8.84. The van der Waals surface area contributed by atoms with Crippen LogP contribution in [-0.4, -0.2) is 5.11 Å². The monoisotopic (exact) mass is 341 g/mol. The lowest BCUT2D eigenvalue weighted by molar-refractivity contribution is 0.0234. The van der Waals surface area contributed by atoms with Crippen molar-refractivity contribution in [2.24, 2.45) is 0 Å². The Morgan fingerprint density at radius 3 is 1.84 bits per heavy atom. The van der Waals surface area contributed by atoms with Crippen molar-refractivity contribution in [1.29, 1.82) is 0 Å². The number of hydrogen-bond donors (Lipinski definition) is 2. The average Bonchev–Trinajstić information content (AvgIpc) is 2.51. The van der Waals surface area contributed by atoms with Gasteiger partial charge >= 0.3 is 0 Å². The Morgan fingerprint density at radius 1 is 0.840 bits per heavy atom. The van der Waals surface area contributed by atoms with Crippen LogP contribution < -0.4 is 5.48 Å². The lowest BCUT2D eigenvalue weighted by atomic mass is 9.78. The van der Waals surface area contributed by atoms with E-state index in [1.54, 1.807) is 0 Å². The fraction of sp³-hybridized carbons (Fsp3) is 0.455. The highest BCUT2D eigenvalue weighted by atomic mass is 16.6. The minimum Gasteiger partial charge on any atom is -0.507 e. The van der Waals surface area contributed by atoms with E-state index >= 15 is 0 Å². The first kappa shape index (κ1) is 19.5. The Morgan fingerprint density at radius 2 is 1.36 bits per heavy atom. The summed E-state index contributed by atoms with van der Waals surface area (Å²) in [6, 6.07) is 14.2. The first-order chi connectivity index (χ1) is 11.6. The summed E-state index contributed by atoms with van der Waals surface area (Å²) in [5.74, 6) is 0.411. The number of nitrogens with one attached hydrogen (secondary N) is 1. The number of phenols is 1. The molecule has 3 heteroatoms. The zero-order valence-corrected chi connectivity index (χ0v) is 16.3. The van der Waals surface area contributed by atoms with Crippen LogP contribution in [0.2, 0.25) is 0 Å². The molecule has 0 saturated heterocycles. The smallest absolute Gasteiger partial charge is 0.123 e. The van der Waals surface area contributed by atoms with Gasteiger partial charge in [0.05, 0.1) is 6.61 Å². The van der Waals surface area contributed by atoms with Gasteiger partial charge in [-0.3, -0.25) is 4.84 Å². The van der Waals surface area contributed by atoms with Crippen LogP contribution >= 0.6 is 0 Å². The van der Waals surface area contributed by atoms with Crippen LogP contribution in [0.15, 0.2) is 42.5 Å². The van der Waals surface area contributed by atoms with Crippen molar-refractivity contribution in [3.8, 4) is 5.75 Å². The predicted octanol–water partition coefficient (Wildman–Crippen LogP) is 5.21. The number of aromatic hydroxyl groups is 1. The van der Waals surface area contributed by atoms with Crippen LogP contribution in [0.25, 0.3) is 0 Å². The molecule has 0 fully saturated rings. The number of phenolic OH excluding ortho intramolecular Hbond substituents is 1. The van der Waals surface area contributed by atoms with Crippen molar-refractivity contribution >= 4 is 0 Å². The van der Waals surface area contributed by atoms with Gasteiger partial charge in [0.1, 0.15) is 5.75 Å². The van der Waals surface area contributed by atoms with Gasteiger partial charge in [0.25, 0.3) is 0 Å². The molecule has 0 atom stereocenters. The second kappa shape index (κ2) is 7.59. The van der Waals surface area contributed by atoms with E-state index in [0.717, 1.165) is 22.3 Å². The van der Waals surface area contributed by atoms with Crippen LogP contribution in [0, 0.1) is 0 Å². The maximum absolute atomic E-state index is 10.8. The number of rotatable bonds is 5. The standard InChI is InChI=1S/C22H31NO2/c1-21(2,3)18-12-17(13-19(20(18)24)22(4,5)6)14-23-25-15-16-10-8-7-9-11-16/h7-13,23-24H,14-15H2,1-6H3. The van der Waals surface area contributed by atoms with Gasteiger partial charge in [0.15, 0.2) is 0 Å². The number of benzene rings is 2. The molecule has 0 aromatic heterocycles. The average molecular weight is 341 g/mol. The molecular weight excluding hydrogens is 310 g/mol. The third kappa shape index (κ3) is 5.32. The van der Waals surface area contributed by atoms with Crippen LogP contribution in [0.5, 0.6) is 5.75 Å². The minimum absolute atomic E-state index is 0.120. The summed E-state index contributed by atoms with van der Waals surface area (Å²) in [4.78, 5) is 5.59. The fourth-order valence-electron chi connectivity index (χ4n) is 2.78. The van der Waals surface area contributed by atoms with Crippen molar-refractivity contribution in [3.05, 3.63) is 64.7 Å². The van der Waals surface area contributed by atoms with E-state index in [1.807, 2.05) is 30.3 Å². The molecule has 2 aromatic carbocycles. The molecular formula is C22H31NO2. The first-order valence-corrected chi connectivity index (χ1v) is 8.84. The fourth-order valence-corrected chi connectivity index (χ4v) is 2.78. The van der Waals surface area contributed by atoms with E-state index in [0.29, 0.717) is 18.9 Å². The summed E-state index contributed by atoms with van der Waals surface area (Å²) >= 11 is 0. The quantitative estimate of drug-likeness (QED) is 0.579. The van der Waals surface area contributed by atoms with E-state index in [4.69, 9.17) is 4.84 Å². The van der Waals surface area contributed by atoms with Crippen molar-refractivity contribution < 1.29 is 9.94 Å². The van der Waals surface area contributed by atoms with Crippen molar-refractivity contribution in [2.75, 3.05) is 0 Å². The molecule has 0 saturated carbocycles. The summed E-state index contributed by atoms with van der Waals surface area (Å²) in [5.41, 5.74) is 6.99. The maximum atomic E-state index is 10.8. The molecule has 136 valence electrons. The second-order valence-electron chi connectivity index (χ2n) is 8.63. The summed E-state index contributed by atoms with van der Waals surface area (Å²) in [6.45, 7) is 13.9. The van der Waals surface area contributed by atoms with Crippen LogP contribution in [-0.2, 0) is 28.8 Å². The van der Waals surface area contributed by atoms with Gasteiger partial charge in [-0.15, -0.1) is 0 Å². The van der Waals surface area contributed by atoms with Gasteiger partial charge < -0.3 is 5.11 Å². The molecule has 0 heterocycles. The zero-order valence-electron chi connectivity index (χ0n) is 16.3. The molecule has 2 rings (SSSR count). The number of hydroxylamine groups is 1. The third-order valence-electron chi connectivity index (χ3n) is 4.25. The Hall–Kier alpha value is -1.84. The Kier molecular flexibility index (Phi) is 5.91. The minimum atomic E-state index is -0.120. The van der Waals surface area contributed by atoms with Crippen LogP contribution in [0.3, 0.4) is 0 Å². The molecule has 25 heavy (non-hydrogen) atoms. The van der Waals surface area contributed by atoms with Crippen LogP contribution in [0.1, 0.15) is 63.8 Å². The van der Waals surface area contributed by atoms with E-state index in [-0.39, 0.29) is 10.8 Å². The molecule has 2 N–H and O–H groups in total. The van der Waals surface area contributed by atoms with Crippen molar-refractivity contribution in [1.82, 2.24) is 5.48 Å². The molecule has 0 bridgehead atoms. The van der Waals surface area contributed by atoms with Gasteiger partial charge in [-0.1, -0.05) is 84.0 Å². The molecule has 0 spiro atoms.